The number of amides is 1. The largest absolute Gasteiger partial charge is 0.444 e. The van der Waals surface area contributed by atoms with Crippen molar-refractivity contribution in [3.8, 4) is 0 Å². The zero-order valence-electron chi connectivity index (χ0n) is 14.0. The number of fused-ring (bicyclic) bond motifs is 1. The first-order valence-corrected chi connectivity index (χ1v) is 8.80. The summed E-state index contributed by atoms with van der Waals surface area (Å²) < 4.78 is 22.6. The van der Waals surface area contributed by atoms with Crippen molar-refractivity contribution in [2.75, 3.05) is 13.1 Å². The topological polar surface area (TPSA) is 47.4 Å². The minimum Gasteiger partial charge on any atom is -0.444 e. The van der Waals surface area contributed by atoms with Crippen molar-refractivity contribution in [1.29, 1.82) is 0 Å². The number of ether oxygens (including phenoxy) is 1. The fraction of sp³-hybridized carbons (Fsp3) is 0.529. The molecule has 0 spiro atoms. The fourth-order valence-corrected chi connectivity index (χ4v) is 3.47. The molecular formula is C17H21BrFN3O2. The van der Waals surface area contributed by atoms with Gasteiger partial charge in [-0.25, -0.2) is 9.18 Å². The van der Waals surface area contributed by atoms with E-state index in [0.29, 0.717) is 17.6 Å². The van der Waals surface area contributed by atoms with Crippen molar-refractivity contribution in [2.45, 2.75) is 45.0 Å². The van der Waals surface area contributed by atoms with Crippen molar-refractivity contribution in [1.82, 2.24) is 14.7 Å². The van der Waals surface area contributed by atoms with Gasteiger partial charge in [-0.1, -0.05) is 18.2 Å². The van der Waals surface area contributed by atoms with Crippen molar-refractivity contribution in [3.63, 3.8) is 0 Å². The first-order valence-electron chi connectivity index (χ1n) is 8.01. The Morgan fingerprint density at radius 2 is 2.08 bits per heavy atom. The first kappa shape index (κ1) is 17.2. The molecule has 2 aromatic rings. The fourth-order valence-electron chi connectivity index (χ4n) is 2.96. The molecule has 0 N–H and O–H groups in total. The zero-order valence-corrected chi connectivity index (χ0v) is 15.6. The molecule has 3 rings (SSSR count). The summed E-state index contributed by atoms with van der Waals surface area (Å²) in [4.78, 5) is 13.6. The van der Waals surface area contributed by atoms with Gasteiger partial charge in [-0.3, -0.25) is 4.68 Å². The number of carbonyl (C=O) groups excluding carboxylic acids is 1. The van der Waals surface area contributed by atoms with Gasteiger partial charge in [0.1, 0.15) is 16.4 Å². The van der Waals surface area contributed by atoms with E-state index in [-0.39, 0.29) is 12.6 Å². The molecule has 1 fully saturated rings. The molecule has 0 aliphatic carbocycles. The third-order valence-corrected chi connectivity index (χ3v) is 4.63. The number of nitrogens with zero attached hydrogens (tertiary/aromatic N) is 3. The predicted molar refractivity (Wildman–Crippen MR) is 93.8 cm³/mol. The van der Waals surface area contributed by atoms with Gasteiger partial charge in [0.15, 0.2) is 0 Å². The molecule has 0 saturated carbocycles. The van der Waals surface area contributed by atoms with E-state index in [1.165, 1.54) is 4.90 Å². The van der Waals surface area contributed by atoms with Crippen molar-refractivity contribution >= 4 is 32.9 Å². The lowest BCUT2D eigenvalue weighted by Gasteiger charge is -2.35. The van der Waals surface area contributed by atoms with Crippen LogP contribution in [0.5, 0.6) is 0 Å². The van der Waals surface area contributed by atoms with Gasteiger partial charge in [0, 0.05) is 11.9 Å². The van der Waals surface area contributed by atoms with Crippen LogP contribution in [0, 0.1) is 0 Å². The van der Waals surface area contributed by atoms with Gasteiger partial charge in [0.2, 0.25) is 0 Å². The summed E-state index contributed by atoms with van der Waals surface area (Å²) in [6, 6.07) is 7.33. The molecule has 2 heterocycles. The molecule has 1 aromatic heterocycles. The van der Waals surface area contributed by atoms with Gasteiger partial charge in [-0.05, 0) is 49.2 Å². The number of piperidine rings is 1. The number of alkyl halides is 1. The molecule has 0 unspecified atom stereocenters. The molecular weight excluding hydrogens is 377 g/mol. The summed E-state index contributed by atoms with van der Waals surface area (Å²) in [7, 11) is 0. The molecule has 1 aliphatic rings. The van der Waals surface area contributed by atoms with E-state index < -0.39 is 17.9 Å². The third-order valence-electron chi connectivity index (χ3n) is 4.04. The highest BCUT2D eigenvalue weighted by Crippen LogP contribution is 2.32. The van der Waals surface area contributed by atoms with Gasteiger partial charge in [0.05, 0.1) is 18.1 Å². The molecule has 1 saturated heterocycles. The van der Waals surface area contributed by atoms with Crippen molar-refractivity contribution in [3.05, 3.63) is 28.9 Å². The maximum Gasteiger partial charge on any atom is 0.410 e. The van der Waals surface area contributed by atoms with E-state index in [9.17, 15) is 9.18 Å². The summed E-state index contributed by atoms with van der Waals surface area (Å²) in [5.41, 5.74) is 0.311. The summed E-state index contributed by atoms with van der Waals surface area (Å²) in [5, 5.41) is 5.41. The number of carbonyl (C=O) groups is 1. The van der Waals surface area contributed by atoms with E-state index in [0.717, 1.165) is 10.9 Å². The Labute approximate surface area is 148 Å². The number of hydrogen-bond donors (Lipinski definition) is 0. The SMILES string of the molecule is CC(C)(C)OC(=O)N1CC[C@@H](n2nc(Br)c3ccccc32)[C@H](F)C1. The molecule has 0 bridgehead atoms. The number of halogens is 2. The van der Waals surface area contributed by atoms with Gasteiger partial charge < -0.3 is 9.64 Å². The molecule has 1 amide bonds. The molecule has 130 valence electrons. The summed E-state index contributed by atoms with van der Waals surface area (Å²) >= 11 is 3.43. The number of rotatable bonds is 1. The van der Waals surface area contributed by atoms with Crippen LogP contribution < -0.4 is 0 Å². The lowest BCUT2D eigenvalue weighted by atomic mass is 10.0. The molecule has 2 atom stereocenters. The smallest absolute Gasteiger partial charge is 0.410 e. The summed E-state index contributed by atoms with van der Waals surface area (Å²) in [6.07, 6.45) is -1.16. The average molecular weight is 398 g/mol. The quantitative estimate of drug-likeness (QED) is 0.719. The molecule has 24 heavy (non-hydrogen) atoms. The normalized spacial score (nSPS) is 22.0. The highest BCUT2D eigenvalue weighted by atomic mass is 79.9. The Morgan fingerprint density at radius 3 is 2.75 bits per heavy atom. The zero-order chi connectivity index (χ0) is 17.5. The molecule has 0 radical (unpaired) electrons. The maximum atomic E-state index is 14.8. The summed E-state index contributed by atoms with van der Waals surface area (Å²) in [5.74, 6) is 0. The monoisotopic (exact) mass is 397 g/mol. The minimum absolute atomic E-state index is 0.0192. The van der Waals surface area contributed by atoms with Crippen molar-refractivity contribution in [2.24, 2.45) is 0 Å². The minimum atomic E-state index is -1.19. The Morgan fingerprint density at radius 1 is 1.38 bits per heavy atom. The highest BCUT2D eigenvalue weighted by Gasteiger charge is 2.35. The van der Waals surface area contributed by atoms with Crippen LogP contribution in [-0.2, 0) is 4.74 Å². The highest BCUT2D eigenvalue weighted by molar-refractivity contribution is 9.10. The number of aromatic nitrogens is 2. The second-order valence-corrected chi connectivity index (χ2v) is 7.80. The Kier molecular flexibility index (Phi) is 4.55. The standard InChI is InChI=1S/C17H21BrFN3O2/c1-17(2,3)24-16(23)21-9-8-14(12(19)10-21)22-13-7-5-4-6-11(13)15(18)20-22/h4-7,12,14H,8-10H2,1-3H3/t12-,14-/m1/s1. The van der Waals surface area contributed by atoms with Crippen LogP contribution in [0.2, 0.25) is 0 Å². The van der Waals surface area contributed by atoms with Gasteiger partial charge in [-0.2, -0.15) is 5.10 Å². The number of benzene rings is 1. The Hall–Kier alpha value is -1.63. The van der Waals surface area contributed by atoms with E-state index in [1.54, 1.807) is 25.5 Å². The number of likely N-dealkylation sites (tertiary alicyclic amines) is 1. The average Bonchev–Trinajstić information content (AvgIpc) is 2.83. The van der Waals surface area contributed by atoms with Crippen LogP contribution >= 0.6 is 15.9 Å². The van der Waals surface area contributed by atoms with E-state index in [1.807, 2.05) is 24.3 Å². The Balaban J connectivity index is 1.77. The Bertz CT molecular complexity index is 756. The van der Waals surface area contributed by atoms with E-state index in [2.05, 4.69) is 21.0 Å². The first-order chi connectivity index (χ1) is 11.3. The number of hydrogen-bond acceptors (Lipinski definition) is 3. The second-order valence-electron chi connectivity index (χ2n) is 7.05. The molecule has 1 aliphatic heterocycles. The summed E-state index contributed by atoms with van der Waals surface area (Å²) in [6.45, 7) is 5.88. The maximum absolute atomic E-state index is 14.8. The van der Waals surface area contributed by atoms with Crippen LogP contribution in [-0.4, -0.2) is 45.6 Å². The molecule has 5 nitrogen and oxygen atoms in total. The van der Waals surface area contributed by atoms with Crippen LogP contribution in [0.4, 0.5) is 9.18 Å². The second kappa shape index (κ2) is 6.35. The van der Waals surface area contributed by atoms with Crippen LogP contribution in [0.25, 0.3) is 10.9 Å². The molecule has 7 heteroatoms. The van der Waals surface area contributed by atoms with Crippen LogP contribution in [0.15, 0.2) is 28.9 Å². The van der Waals surface area contributed by atoms with E-state index in [4.69, 9.17) is 4.74 Å². The van der Waals surface area contributed by atoms with Crippen LogP contribution in [0.3, 0.4) is 0 Å². The van der Waals surface area contributed by atoms with Gasteiger partial charge in [0.25, 0.3) is 0 Å². The lowest BCUT2D eigenvalue weighted by molar-refractivity contribution is 0.00611. The number of para-hydroxylation sites is 1. The van der Waals surface area contributed by atoms with Gasteiger partial charge in [-0.15, -0.1) is 0 Å². The van der Waals surface area contributed by atoms with Crippen LogP contribution in [0.1, 0.15) is 33.2 Å². The lowest BCUT2D eigenvalue weighted by Crippen LogP contribution is -2.47. The van der Waals surface area contributed by atoms with Gasteiger partial charge >= 0.3 is 6.09 Å². The molecule has 1 aromatic carbocycles. The van der Waals surface area contributed by atoms with Crippen molar-refractivity contribution < 1.29 is 13.9 Å². The predicted octanol–water partition coefficient (Wildman–Crippen LogP) is 4.32. The third kappa shape index (κ3) is 3.41. The van der Waals surface area contributed by atoms with E-state index >= 15 is 0 Å².